The van der Waals surface area contributed by atoms with Crippen molar-refractivity contribution in [1.29, 1.82) is 0 Å². The van der Waals surface area contributed by atoms with Crippen LogP contribution in [0.3, 0.4) is 0 Å². The molecule has 3 aromatic heterocycles. The lowest BCUT2D eigenvalue weighted by Crippen LogP contribution is -2.42. The van der Waals surface area contributed by atoms with E-state index >= 15 is 0 Å². The van der Waals surface area contributed by atoms with Gasteiger partial charge < -0.3 is 44.0 Å². The van der Waals surface area contributed by atoms with Crippen molar-refractivity contribution in [3.8, 4) is 5.75 Å². The summed E-state index contributed by atoms with van der Waals surface area (Å²) >= 11 is 13.6. The average molecular weight is 1580 g/mol. The molecule has 2 unspecified atom stereocenters. The fraction of sp³-hybridized carbons (Fsp3) is 0.516. The van der Waals surface area contributed by atoms with E-state index in [1.165, 1.54) is 35.2 Å². The number of amides is 5. The van der Waals surface area contributed by atoms with E-state index < -0.39 is 77.3 Å². The van der Waals surface area contributed by atoms with Crippen molar-refractivity contribution >= 4 is 105 Å². The fourth-order valence-corrected chi connectivity index (χ4v) is 12.1. The normalized spacial score (nSPS) is 17.7. The van der Waals surface area contributed by atoms with Crippen LogP contribution in [0.25, 0.3) is 0 Å². The van der Waals surface area contributed by atoms with Gasteiger partial charge in [0.15, 0.2) is 0 Å². The summed E-state index contributed by atoms with van der Waals surface area (Å²) in [6, 6.07) is 16.0. The molecule has 3 aromatic carbocycles. The lowest BCUT2D eigenvalue weighted by atomic mass is 10.1. The van der Waals surface area contributed by atoms with Gasteiger partial charge in [0.1, 0.15) is 28.6 Å². The molecular formula is C64H76Cl3F11IN13O7. The van der Waals surface area contributed by atoms with Crippen LogP contribution in [-0.4, -0.2) is 144 Å². The number of benzene rings is 3. The zero-order chi connectivity index (χ0) is 71.7. The monoisotopic (exact) mass is 1580 g/mol. The Hall–Kier alpha value is -7.20. The number of para-hydroxylation sites is 1. The van der Waals surface area contributed by atoms with Crippen LogP contribution in [-0.2, 0) is 48.7 Å². The SMILES string of the molecule is CC(C)(C)OC(=O)N1CCn2ncc(I)c2C1.CC(C)(C)OC(=O)N1CCn2ncc(N3CCC(C(F)(F)F)C3)c2C1.Cl.FC(F)(F)C1CCCC1.O=C(Nc1ccc(F)c(Cl)c1)N1CCn2ncc(N3CCC(C(F)(F)F)C3)c2C1.O=C(Nc1ccc(F)c(Cl)c1)Oc1ccccc1. The van der Waals surface area contributed by atoms with Crippen LogP contribution in [0.1, 0.15) is 97.1 Å². The van der Waals surface area contributed by atoms with Gasteiger partial charge in [-0.3, -0.25) is 19.4 Å². The summed E-state index contributed by atoms with van der Waals surface area (Å²) < 4.78 is 162. The molecule has 1 aliphatic carbocycles. The minimum atomic E-state index is -4.22. The molecule has 0 radical (unpaired) electrons. The summed E-state index contributed by atoms with van der Waals surface area (Å²) in [7, 11) is 0. The number of aromatic nitrogens is 6. The van der Waals surface area contributed by atoms with Crippen molar-refractivity contribution < 1.29 is 81.7 Å². The van der Waals surface area contributed by atoms with Crippen LogP contribution in [0, 0.1) is 33.0 Å². The smallest absolute Gasteiger partial charge is 0.417 e. The number of halogens is 15. The number of nitrogens with zero attached hydrogens (tertiary/aromatic N) is 11. The molecule has 6 aliphatic rings. The lowest BCUT2D eigenvalue weighted by Gasteiger charge is -2.31. The van der Waals surface area contributed by atoms with Gasteiger partial charge in [0.25, 0.3) is 0 Å². The number of alkyl halides is 9. The molecule has 8 heterocycles. The highest BCUT2D eigenvalue weighted by Crippen LogP contribution is 2.41. The highest BCUT2D eigenvalue weighted by atomic mass is 127. The van der Waals surface area contributed by atoms with Gasteiger partial charge in [0.05, 0.1) is 118 Å². The number of urea groups is 1. The number of carbonyl (C=O) groups excluding carboxylic acids is 4. The molecule has 5 amide bonds. The minimum absolute atomic E-state index is 0. The molecule has 99 heavy (non-hydrogen) atoms. The Morgan fingerprint density at radius 2 is 0.919 bits per heavy atom. The second kappa shape index (κ2) is 33.5. The predicted molar refractivity (Wildman–Crippen MR) is 359 cm³/mol. The van der Waals surface area contributed by atoms with Crippen molar-refractivity contribution in [2.75, 3.05) is 66.2 Å². The summed E-state index contributed by atoms with van der Waals surface area (Å²) in [6.45, 7) is 15.8. The Morgan fingerprint density at radius 1 is 0.515 bits per heavy atom. The molecule has 2 saturated heterocycles. The van der Waals surface area contributed by atoms with Crippen molar-refractivity contribution in [3.63, 3.8) is 0 Å². The number of hydrogen-bond acceptors (Lipinski definition) is 12. The molecule has 0 bridgehead atoms. The molecule has 5 aliphatic heterocycles. The number of anilines is 4. The number of rotatable bonds is 5. The van der Waals surface area contributed by atoms with E-state index in [0.29, 0.717) is 99.4 Å². The first-order chi connectivity index (χ1) is 45.9. The summed E-state index contributed by atoms with van der Waals surface area (Å²) in [4.78, 5) is 56.5. The largest absolute Gasteiger partial charge is 0.444 e. The van der Waals surface area contributed by atoms with Crippen LogP contribution in [0.4, 0.5) is 90.2 Å². The van der Waals surface area contributed by atoms with Crippen LogP contribution < -0.4 is 25.2 Å². The average Bonchev–Trinajstić information content (AvgIpc) is 1.68. The summed E-state index contributed by atoms with van der Waals surface area (Å²) in [5.74, 6) is -4.36. The molecule has 20 nitrogen and oxygen atoms in total. The van der Waals surface area contributed by atoms with E-state index in [1.807, 2.05) is 37.7 Å². The second-order valence-corrected chi connectivity index (χ2v) is 27.7. The minimum Gasteiger partial charge on any atom is -0.444 e. The van der Waals surface area contributed by atoms with Crippen molar-refractivity contribution in [1.82, 2.24) is 44.0 Å². The molecular weight excluding hydrogens is 1510 g/mol. The van der Waals surface area contributed by atoms with Crippen LogP contribution >= 0.6 is 58.2 Å². The maximum absolute atomic E-state index is 13.3. The van der Waals surface area contributed by atoms with Gasteiger partial charge in [-0.1, -0.05) is 54.2 Å². The first-order valence-corrected chi connectivity index (χ1v) is 33.2. The Bertz CT molecular complexity index is 3710. The first-order valence-electron chi connectivity index (χ1n) is 31.3. The molecule has 2 atom stereocenters. The van der Waals surface area contributed by atoms with Crippen molar-refractivity contribution in [3.05, 3.63) is 128 Å². The number of fused-ring (bicyclic) bond motifs is 3. The van der Waals surface area contributed by atoms with Gasteiger partial charge in [0, 0.05) is 57.2 Å². The molecule has 544 valence electrons. The molecule has 35 heteroatoms. The third-order valence-corrected chi connectivity index (χ3v) is 17.7. The number of carbonyl (C=O) groups is 4. The van der Waals surface area contributed by atoms with E-state index in [9.17, 15) is 67.5 Å². The summed E-state index contributed by atoms with van der Waals surface area (Å²) in [5.41, 5.74) is 3.54. The Balaban J connectivity index is 0.000000181. The van der Waals surface area contributed by atoms with E-state index in [1.54, 1.807) is 86.4 Å². The van der Waals surface area contributed by atoms with E-state index in [2.05, 4.69) is 48.5 Å². The van der Waals surface area contributed by atoms with Crippen molar-refractivity contribution in [2.45, 2.75) is 149 Å². The Labute approximate surface area is 594 Å². The van der Waals surface area contributed by atoms with Gasteiger partial charge in [-0.05, 0) is 138 Å². The lowest BCUT2D eigenvalue weighted by molar-refractivity contribution is -0.172. The van der Waals surface area contributed by atoms with Gasteiger partial charge in [-0.25, -0.2) is 28.0 Å². The third-order valence-electron chi connectivity index (χ3n) is 16.2. The maximum Gasteiger partial charge on any atom is 0.417 e. The predicted octanol–water partition coefficient (Wildman–Crippen LogP) is 16.6. The standard InChI is InChI=1S/C18H18ClF4N5O.C16H23F3N4O2.C13H9ClFNO2.C11H16IN3O2.C6H9F3.ClH/c19-13-7-12(1-2-14(13)20)25-17(29)27-5-6-28-16(10-27)15(8-24-28)26-4-3-11(9-26)18(21,22)23;1-15(2,3)25-14(24)22-6-7-23-13(10-22)12(8-20-23)21-5-4-11(9-21)16(17,18)19;14-11-8-9(6-7-12(11)15)16-13(17)18-10-4-2-1-3-5-10;1-11(2,3)17-10(16)14-4-5-15-9(7-14)8(12)6-13-15;7-6(8,9)5-3-1-2-4-5;/h1-2,7-8,11H,3-6,9-10H2,(H,25,29);8,11H,4-7,9-10H2,1-3H3;1-8H,(H,16,17);6H,4-5,7H2,1-3H3;5H,1-4H2;1H. The van der Waals surface area contributed by atoms with Gasteiger partial charge in [-0.2, -0.15) is 54.8 Å². The number of nitrogens with one attached hydrogen (secondary N) is 2. The maximum atomic E-state index is 13.3. The van der Waals surface area contributed by atoms with E-state index in [0.717, 1.165) is 40.4 Å². The Morgan fingerprint density at radius 3 is 1.33 bits per heavy atom. The van der Waals surface area contributed by atoms with Crippen LogP contribution in [0.2, 0.25) is 10.0 Å². The molecule has 0 spiro atoms. The highest BCUT2D eigenvalue weighted by molar-refractivity contribution is 14.1. The van der Waals surface area contributed by atoms with Gasteiger partial charge >= 0.3 is 42.8 Å². The zero-order valence-corrected chi connectivity index (χ0v) is 59.2. The van der Waals surface area contributed by atoms with Crippen LogP contribution in [0.5, 0.6) is 5.75 Å². The number of hydrogen-bond donors (Lipinski definition) is 2. The van der Waals surface area contributed by atoms with Gasteiger partial charge in [-0.15, -0.1) is 12.4 Å². The van der Waals surface area contributed by atoms with Crippen LogP contribution in [0.15, 0.2) is 85.3 Å². The molecule has 3 fully saturated rings. The first kappa shape index (κ1) is 79.1. The molecule has 2 N–H and O–H groups in total. The topological polar surface area (TPSA) is 190 Å². The summed E-state index contributed by atoms with van der Waals surface area (Å²) in [6.07, 6.45) is -6.30. The fourth-order valence-electron chi connectivity index (χ4n) is 11.2. The Kier molecular flexibility index (Phi) is 26.8. The quantitative estimate of drug-likeness (QED) is 0.123. The molecule has 1 saturated carbocycles. The highest BCUT2D eigenvalue weighted by Gasteiger charge is 2.46. The third kappa shape index (κ3) is 22.6. The number of ether oxygens (including phenoxy) is 3. The van der Waals surface area contributed by atoms with E-state index in [4.69, 9.17) is 37.4 Å². The molecule has 12 rings (SSSR count). The van der Waals surface area contributed by atoms with Crippen molar-refractivity contribution in [2.24, 2.45) is 17.8 Å². The molecule has 6 aromatic rings. The second-order valence-electron chi connectivity index (χ2n) is 25.8. The zero-order valence-electron chi connectivity index (χ0n) is 54.7. The van der Waals surface area contributed by atoms with E-state index in [-0.39, 0.29) is 67.6 Å². The summed E-state index contributed by atoms with van der Waals surface area (Å²) in [5, 5.41) is 17.7. The van der Waals surface area contributed by atoms with Gasteiger partial charge in [0.2, 0.25) is 0 Å².